The molecule has 2 N–H and O–H groups in total. The van der Waals surface area contributed by atoms with Gasteiger partial charge in [0.15, 0.2) is 0 Å². The van der Waals surface area contributed by atoms with Gasteiger partial charge in [0, 0.05) is 9.38 Å². The average Bonchev–Trinajstić information content (AvgIpc) is 2.04. The molecule has 0 aliphatic heterocycles. The predicted molar refractivity (Wildman–Crippen MR) is 51.5 cm³/mol. The lowest BCUT2D eigenvalue weighted by atomic mass is 10.2. The Hall–Kier alpha value is -1.52. The minimum atomic E-state index is -0.630. The van der Waals surface area contributed by atoms with Crippen LogP contribution in [0.15, 0.2) is 27.8 Å². The summed E-state index contributed by atoms with van der Waals surface area (Å²) in [5.41, 5.74) is 13.7. The second-order valence-electron chi connectivity index (χ2n) is 2.19. The molecule has 0 spiro atoms. The monoisotopic (exact) mass is 240 g/mol. The molecule has 66 valence electrons. The van der Waals surface area contributed by atoms with Crippen molar-refractivity contribution >= 4 is 27.5 Å². The standard InChI is InChI=1S/C7H5BrN4O/c8-4-2-1-3-5(11-12-10)6(4)7(9)13/h1-3H,(H2,9,13). The Balaban J connectivity index is 3.42. The molecule has 0 aliphatic carbocycles. The SMILES string of the molecule is [N-]=[N+]=Nc1cccc(Br)c1C(N)=O. The number of benzene rings is 1. The summed E-state index contributed by atoms with van der Waals surface area (Å²) in [6, 6.07) is 4.82. The smallest absolute Gasteiger partial charge is 0.250 e. The number of carbonyl (C=O) groups excluding carboxylic acids is 1. The molecule has 0 aromatic heterocycles. The molecule has 1 aromatic carbocycles. The van der Waals surface area contributed by atoms with E-state index in [-0.39, 0.29) is 11.3 Å². The largest absolute Gasteiger partial charge is 0.366 e. The van der Waals surface area contributed by atoms with E-state index in [1.807, 2.05) is 0 Å². The van der Waals surface area contributed by atoms with Crippen molar-refractivity contribution in [2.45, 2.75) is 0 Å². The molecule has 0 aliphatic rings. The lowest BCUT2D eigenvalue weighted by molar-refractivity contribution is 0.100. The zero-order valence-electron chi connectivity index (χ0n) is 6.44. The molecule has 0 atom stereocenters. The summed E-state index contributed by atoms with van der Waals surface area (Å²) in [4.78, 5) is 13.5. The minimum absolute atomic E-state index is 0.195. The number of hydrogen-bond donors (Lipinski definition) is 1. The molecular formula is C7H5BrN4O. The van der Waals surface area contributed by atoms with E-state index in [1.165, 1.54) is 6.07 Å². The molecule has 13 heavy (non-hydrogen) atoms. The Morgan fingerprint density at radius 3 is 2.85 bits per heavy atom. The van der Waals surface area contributed by atoms with Crippen LogP contribution in [-0.4, -0.2) is 5.91 Å². The number of rotatable bonds is 2. The van der Waals surface area contributed by atoms with Gasteiger partial charge < -0.3 is 5.73 Å². The molecule has 1 rings (SSSR count). The quantitative estimate of drug-likeness (QED) is 0.480. The Bertz CT molecular complexity index is 397. The van der Waals surface area contributed by atoms with Gasteiger partial charge in [-0.05, 0) is 27.5 Å². The summed E-state index contributed by atoms with van der Waals surface area (Å²) < 4.78 is 0.518. The summed E-state index contributed by atoms with van der Waals surface area (Å²) in [5.74, 6) is -0.630. The van der Waals surface area contributed by atoms with Crippen molar-refractivity contribution in [3.8, 4) is 0 Å². The third kappa shape index (κ3) is 1.99. The van der Waals surface area contributed by atoms with Crippen molar-refractivity contribution < 1.29 is 4.79 Å². The fourth-order valence-electron chi connectivity index (χ4n) is 0.888. The Kier molecular flexibility index (Phi) is 2.89. The number of carbonyl (C=O) groups is 1. The second kappa shape index (κ2) is 3.93. The number of primary amides is 1. The van der Waals surface area contributed by atoms with E-state index in [1.54, 1.807) is 12.1 Å². The zero-order valence-corrected chi connectivity index (χ0v) is 8.02. The third-order valence-corrected chi connectivity index (χ3v) is 2.05. The second-order valence-corrected chi connectivity index (χ2v) is 3.04. The zero-order chi connectivity index (χ0) is 9.84. The van der Waals surface area contributed by atoms with Crippen LogP contribution in [0.25, 0.3) is 10.4 Å². The van der Waals surface area contributed by atoms with Crippen LogP contribution in [-0.2, 0) is 0 Å². The summed E-state index contributed by atoms with van der Waals surface area (Å²) in [7, 11) is 0. The van der Waals surface area contributed by atoms with E-state index >= 15 is 0 Å². The highest BCUT2D eigenvalue weighted by Gasteiger charge is 2.09. The molecule has 0 unspecified atom stereocenters. The molecule has 5 nitrogen and oxygen atoms in total. The predicted octanol–water partition coefficient (Wildman–Crippen LogP) is 2.49. The van der Waals surface area contributed by atoms with Crippen LogP contribution in [0.1, 0.15) is 10.4 Å². The number of hydrogen-bond acceptors (Lipinski definition) is 2. The van der Waals surface area contributed by atoms with Crippen molar-refractivity contribution in [2.24, 2.45) is 10.8 Å². The number of amides is 1. The van der Waals surface area contributed by atoms with Crippen LogP contribution < -0.4 is 5.73 Å². The van der Waals surface area contributed by atoms with Crippen LogP contribution in [0.4, 0.5) is 5.69 Å². The number of nitrogens with zero attached hydrogens (tertiary/aromatic N) is 3. The van der Waals surface area contributed by atoms with Gasteiger partial charge in [-0.1, -0.05) is 17.2 Å². The summed E-state index contributed by atoms with van der Waals surface area (Å²) in [6.07, 6.45) is 0. The first-order valence-electron chi connectivity index (χ1n) is 3.30. The first-order valence-corrected chi connectivity index (χ1v) is 4.09. The van der Waals surface area contributed by atoms with E-state index in [4.69, 9.17) is 11.3 Å². The van der Waals surface area contributed by atoms with Crippen LogP contribution in [0.2, 0.25) is 0 Å². The van der Waals surface area contributed by atoms with Gasteiger partial charge in [-0.3, -0.25) is 4.79 Å². The van der Waals surface area contributed by atoms with Crippen LogP contribution in [0.3, 0.4) is 0 Å². The number of azide groups is 1. The Morgan fingerprint density at radius 1 is 1.62 bits per heavy atom. The highest BCUT2D eigenvalue weighted by Crippen LogP contribution is 2.26. The highest BCUT2D eigenvalue weighted by atomic mass is 79.9. The fraction of sp³-hybridized carbons (Fsp3) is 0. The van der Waals surface area contributed by atoms with Crippen LogP contribution in [0.5, 0.6) is 0 Å². The maximum Gasteiger partial charge on any atom is 0.250 e. The van der Waals surface area contributed by atoms with E-state index in [9.17, 15) is 4.79 Å². The molecule has 0 saturated heterocycles. The van der Waals surface area contributed by atoms with Crippen molar-refractivity contribution in [3.05, 3.63) is 38.7 Å². The maximum absolute atomic E-state index is 10.9. The van der Waals surface area contributed by atoms with Gasteiger partial charge in [-0.15, -0.1) is 0 Å². The third-order valence-electron chi connectivity index (χ3n) is 1.39. The van der Waals surface area contributed by atoms with Gasteiger partial charge in [0.05, 0.1) is 11.3 Å². The maximum atomic E-state index is 10.9. The van der Waals surface area contributed by atoms with Crippen LogP contribution >= 0.6 is 15.9 Å². The topological polar surface area (TPSA) is 91.8 Å². The first kappa shape index (κ1) is 9.57. The van der Waals surface area contributed by atoms with E-state index in [2.05, 4.69) is 26.0 Å². The van der Waals surface area contributed by atoms with E-state index in [0.29, 0.717) is 4.47 Å². The van der Waals surface area contributed by atoms with Crippen molar-refractivity contribution in [3.63, 3.8) is 0 Å². The van der Waals surface area contributed by atoms with Gasteiger partial charge in [0.2, 0.25) is 5.91 Å². The molecular weight excluding hydrogens is 236 g/mol. The Morgan fingerprint density at radius 2 is 2.31 bits per heavy atom. The summed E-state index contributed by atoms with van der Waals surface area (Å²) >= 11 is 3.13. The highest BCUT2D eigenvalue weighted by molar-refractivity contribution is 9.10. The molecule has 0 saturated carbocycles. The van der Waals surface area contributed by atoms with Gasteiger partial charge in [-0.25, -0.2) is 0 Å². The average molecular weight is 241 g/mol. The molecule has 1 amide bonds. The van der Waals surface area contributed by atoms with E-state index < -0.39 is 5.91 Å². The molecule has 0 fully saturated rings. The molecule has 6 heteroatoms. The van der Waals surface area contributed by atoms with Crippen LogP contribution in [0, 0.1) is 0 Å². The molecule has 1 aromatic rings. The van der Waals surface area contributed by atoms with Gasteiger partial charge in [-0.2, -0.15) is 0 Å². The number of halogens is 1. The van der Waals surface area contributed by atoms with Crippen molar-refractivity contribution in [2.75, 3.05) is 0 Å². The van der Waals surface area contributed by atoms with Gasteiger partial charge >= 0.3 is 0 Å². The van der Waals surface area contributed by atoms with Gasteiger partial charge in [0.1, 0.15) is 0 Å². The molecule has 0 bridgehead atoms. The van der Waals surface area contributed by atoms with Crippen molar-refractivity contribution in [1.29, 1.82) is 0 Å². The lowest BCUT2D eigenvalue weighted by Gasteiger charge is -2.02. The summed E-state index contributed by atoms with van der Waals surface area (Å²) in [6.45, 7) is 0. The molecule has 0 radical (unpaired) electrons. The fourth-order valence-corrected chi connectivity index (χ4v) is 1.44. The lowest BCUT2D eigenvalue weighted by Crippen LogP contribution is -2.11. The first-order chi connectivity index (χ1) is 6.16. The van der Waals surface area contributed by atoms with Gasteiger partial charge in [0.25, 0.3) is 0 Å². The minimum Gasteiger partial charge on any atom is -0.366 e. The number of nitrogens with two attached hydrogens (primary N) is 1. The Labute approximate surface area is 82.3 Å². The summed E-state index contributed by atoms with van der Waals surface area (Å²) in [5, 5.41) is 3.34. The van der Waals surface area contributed by atoms with Crippen molar-refractivity contribution in [1.82, 2.24) is 0 Å². The van der Waals surface area contributed by atoms with E-state index in [0.717, 1.165) is 0 Å². The molecule has 0 heterocycles. The normalized spacial score (nSPS) is 9.00.